The van der Waals surface area contributed by atoms with Crippen LogP contribution in [-0.2, 0) is 14.1 Å². The molecule has 2 aromatic rings. The Hall–Kier alpha value is -2.98. The average molecular weight is 344 g/mol. The van der Waals surface area contributed by atoms with Gasteiger partial charge >= 0.3 is 5.69 Å². The van der Waals surface area contributed by atoms with E-state index in [1.54, 1.807) is 24.3 Å². The van der Waals surface area contributed by atoms with E-state index in [1.807, 2.05) is 0 Å². The summed E-state index contributed by atoms with van der Waals surface area (Å²) < 4.78 is 2.32. The fourth-order valence-corrected chi connectivity index (χ4v) is 3.02. The molecule has 122 valence electrons. The molecule has 1 atom stereocenters. The highest BCUT2D eigenvalue weighted by atomic mass is 35.5. The van der Waals surface area contributed by atoms with Crippen LogP contribution in [0.4, 0.5) is 5.82 Å². The van der Waals surface area contributed by atoms with Crippen LogP contribution in [0.2, 0.25) is 5.02 Å². The van der Waals surface area contributed by atoms with Crippen molar-refractivity contribution in [2.45, 2.75) is 5.92 Å². The topological polar surface area (TPSA) is 106 Å². The second kappa shape index (κ2) is 5.58. The normalized spacial score (nSPS) is 16.3. The van der Waals surface area contributed by atoms with E-state index in [9.17, 15) is 14.9 Å². The van der Waals surface area contributed by atoms with Crippen molar-refractivity contribution in [2.75, 3.05) is 5.32 Å². The van der Waals surface area contributed by atoms with Crippen LogP contribution in [0, 0.1) is 11.3 Å². The number of nitrogens with one attached hydrogen (secondary N) is 1. The first-order valence-corrected chi connectivity index (χ1v) is 7.46. The lowest BCUT2D eigenvalue weighted by Gasteiger charge is -2.28. The van der Waals surface area contributed by atoms with E-state index in [4.69, 9.17) is 17.3 Å². The number of allylic oxidation sites excluding steroid dienone is 1. The number of nitrogens with two attached hydrogens (primary N) is 1. The maximum atomic E-state index is 12.7. The zero-order valence-electron chi connectivity index (χ0n) is 13.0. The number of nitriles is 1. The second-order valence-electron chi connectivity index (χ2n) is 5.52. The van der Waals surface area contributed by atoms with E-state index in [1.165, 1.54) is 18.7 Å². The molecular weight excluding hydrogens is 330 g/mol. The summed E-state index contributed by atoms with van der Waals surface area (Å²) in [6.45, 7) is 0. The highest BCUT2D eigenvalue weighted by Gasteiger charge is 2.33. The molecule has 0 unspecified atom stereocenters. The average Bonchev–Trinajstić information content (AvgIpc) is 2.57. The van der Waals surface area contributed by atoms with Gasteiger partial charge in [-0.3, -0.25) is 13.9 Å². The molecule has 0 bridgehead atoms. The molecule has 2 heterocycles. The number of anilines is 1. The molecule has 7 nitrogen and oxygen atoms in total. The van der Waals surface area contributed by atoms with Gasteiger partial charge in [0.1, 0.15) is 11.6 Å². The fraction of sp³-hybridized carbons (Fsp3) is 0.188. The minimum absolute atomic E-state index is 0.119. The molecule has 1 aliphatic heterocycles. The van der Waals surface area contributed by atoms with E-state index in [2.05, 4.69) is 11.4 Å². The smallest absolute Gasteiger partial charge is 0.332 e. The summed E-state index contributed by atoms with van der Waals surface area (Å²) >= 11 is 5.93. The van der Waals surface area contributed by atoms with Crippen LogP contribution >= 0.6 is 11.6 Å². The maximum absolute atomic E-state index is 12.7. The van der Waals surface area contributed by atoms with E-state index >= 15 is 0 Å². The Balaban J connectivity index is 2.41. The van der Waals surface area contributed by atoms with Crippen LogP contribution in [0.25, 0.3) is 0 Å². The van der Waals surface area contributed by atoms with Crippen molar-refractivity contribution in [3.63, 3.8) is 0 Å². The molecule has 8 heteroatoms. The molecule has 0 saturated heterocycles. The fourth-order valence-electron chi connectivity index (χ4n) is 2.89. The van der Waals surface area contributed by atoms with Crippen molar-refractivity contribution in [3.05, 3.63) is 72.6 Å². The van der Waals surface area contributed by atoms with Crippen LogP contribution in [0.3, 0.4) is 0 Å². The molecule has 3 rings (SSSR count). The van der Waals surface area contributed by atoms with Crippen molar-refractivity contribution in [1.29, 1.82) is 5.26 Å². The van der Waals surface area contributed by atoms with Gasteiger partial charge in [0.05, 0.1) is 23.1 Å². The molecule has 1 aromatic heterocycles. The van der Waals surface area contributed by atoms with Gasteiger partial charge in [-0.2, -0.15) is 5.26 Å². The summed E-state index contributed by atoms with van der Waals surface area (Å²) in [5.74, 6) is -0.262. The molecule has 3 N–H and O–H groups in total. The van der Waals surface area contributed by atoms with Crippen LogP contribution < -0.4 is 22.3 Å². The van der Waals surface area contributed by atoms with Gasteiger partial charge in [-0.1, -0.05) is 23.7 Å². The standard InChI is InChI=1S/C16H14ClN5O2/c1-21-14-12(15(23)22(2)16(21)24)11(10(7-18)13(19)20-14)8-3-5-9(17)6-4-8/h3-6,11,20H,19H2,1-2H3/t11-/m0/s1. The highest BCUT2D eigenvalue weighted by molar-refractivity contribution is 6.30. The van der Waals surface area contributed by atoms with Crippen molar-refractivity contribution >= 4 is 17.4 Å². The van der Waals surface area contributed by atoms with Gasteiger partial charge in [-0.15, -0.1) is 0 Å². The molecule has 24 heavy (non-hydrogen) atoms. The number of halogens is 1. The molecular formula is C16H14ClN5O2. The summed E-state index contributed by atoms with van der Waals surface area (Å²) in [4.78, 5) is 24.9. The third-order valence-corrected chi connectivity index (χ3v) is 4.40. The van der Waals surface area contributed by atoms with Crippen LogP contribution in [-0.4, -0.2) is 9.13 Å². The van der Waals surface area contributed by atoms with Crippen LogP contribution in [0.15, 0.2) is 45.2 Å². The molecule has 0 radical (unpaired) electrons. The number of aromatic nitrogens is 2. The lowest BCUT2D eigenvalue weighted by atomic mass is 9.84. The number of nitrogens with zero attached hydrogens (tertiary/aromatic N) is 3. The van der Waals surface area contributed by atoms with Gasteiger partial charge < -0.3 is 11.1 Å². The lowest BCUT2D eigenvalue weighted by Crippen LogP contribution is -2.43. The second-order valence-corrected chi connectivity index (χ2v) is 5.95. The minimum atomic E-state index is -0.672. The Morgan fingerprint density at radius 3 is 2.42 bits per heavy atom. The van der Waals surface area contributed by atoms with Gasteiger partial charge in [0, 0.05) is 19.1 Å². The Labute approximate surface area is 142 Å². The SMILES string of the molecule is Cn1c2c(c(=O)n(C)c1=O)[C@@H](c1ccc(Cl)cc1)C(C#N)=C(N)N2. The molecule has 0 amide bonds. The third kappa shape index (κ3) is 2.20. The van der Waals surface area contributed by atoms with Crippen LogP contribution in [0.5, 0.6) is 0 Å². The predicted molar refractivity (Wildman–Crippen MR) is 90.7 cm³/mol. The van der Waals surface area contributed by atoms with Gasteiger partial charge in [0.2, 0.25) is 0 Å². The Bertz CT molecular complexity index is 1020. The summed E-state index contributed by atoms with van der Waals surface area (Å²) in [5, 5.41) is 12.9. The van der Waals surface area contributed by atoms with Crippen molar-refractivity contribution in [2.24, 2.45) is 19.8 Å². The first-order valence-electron chi connectivity index (χ1n) is 7.09. The van der Waals surface area contributed by atoms with Crippen LogP contribution in [0.1, 0.15) is 17.0 Å². The summed E-state index contributed by atoms with van der Waals surface area (Å²) in [5.41, 5.74) is 6.23. The van der Waals surface area contributed by atoms with E-state index < -0.39 is 17.2 Å². The van der Waals surface area contributed by atoms with Crippen molar-refractivity contribution < 1.29 is 0 Å². The zero-order chi connectivity index (χ0) is 17.6. The number of fused-ring (bicyclic) bond motifs is 1. The Morgan fingerprint density at radius 2 is 1.83 bits per heavy atom. The monoisotopic (exact) mass is 343 g/mol. The zero-order valence-corrected chi connectivity index (χ0v) is 13.8. The molecule has 0 aliphatic carbocycles. The lowest BCUT2D eigenvalue weighted by molar-refractivity contribution is 0.664. The highest BCUT2D eigenvalue weighted by Crippen LogP contribution is 2.38. The van der Waals surface area contributed by atoms with E-state index in [-0.39, 0.29) is 11.4 Å². The first kappa shape index (κ1) is 15.9. The molecule has 0 spiro atoms. The molecule has 1 aliphatic rings. The number of benzene rings is 1. The third-order valence-electron chi connectivity index (χ3n) is 4.14. The Morgan fingerprint density at radius 1 is 1.21 bits per heavy atom. The summed E-state index contributed by atoms with van der Waals surface area (Å²) in [6.07, 6.45) is 0. The molecule has 1 aromatic carbocycles. The molecule has 0 saturated carbocycles. The van der Waals surface area contributed by atoms with Gasteiger partial charge in [-0.05, 0) is 17.7 Å². The quantitative estimate of drug-likeness (QED) is 0.803. The van der Waals surface area contributed by atoms with E-state index in [0.29, 0.717) is 22.0 Å². The minimum Gasteiger partial charge on any atom is -0.384 e. The largest absolute Gasteiger partial charge is 0.384 e. The summed E-state index contributed by atoms with van der Waals surface area (Å²) in [6, 6.07) is 8.88. The maximum Gasteiger partial charge on any atom is 0.332 e. The van der Waals surface area contributed by atoms with E-state index in [0.717, 1.165) is 4.57 Å². The predicted octanol–water partition coefficient (Wildman–Crippen LogP) is 0.989. The number of hydrogen-bond acceptors (Lipinski definition) is 5. The Kier molecular flexibility index (Phi) is 3.70. The first-order chi connectivity index (χ1) is 11.4. The number of hydrogen-bond donors (Lipinski definition) is 2. The van der Waals surface area contributed by atoms with Crippen molar-refractivity contribution in [1.82, 2.24) is 9.13 Å². The summed E-state index contributed by atoms with van der Waals surface area (Å²) in [7, 11) is 2.94. The number of rotatable bonds is 1. The van der Waals surface area contributed by atoms with Crippen molar-refractivity contribution in [3.8, 4) is 6.07 Å². The van der Waals surface area contributed by atoms with Gasteiger partial charge in [-0.25, -0.2) is 4.79 Å². The van der Waals surface area contributed by atoms with Gasteiger partial charge in [0.15, 0.2) is 0 Å². The molecule has 0 fully saturated rings. The van der Waals surface area contributed by atoms with Gasteiger partial charge in [0.25, 0.3) is 5.56 Å².